The zero-order valence-electron chi connectivity index (χ0n) is 10.2. The highest BCUT2D eigenvalue weighted by atomic mass is 35.5. The molecule has 0 saturated heterocycles. The summed E-state index contributed by atoms with van der Waals surface area (Å²) in [5, 5.41) is 0.613. The van der Waals surface area contributed by atoms with E-state index in [0.717, 1.165) is 5.56 Å². The number of anilines is 1. The number of aromatic nitrogens is 2. The maximum Gasteiger partial charge on any atom is 0.216 e. The van der Waals surface area contributed by atoms with E-state index in [2.05, 4.69) is 19.2 Å². The fraction of sp³-hybridized carbons (Fsp3) is 0.167. The third-order valence-corrected chi connectivity index (χ3v) is 2.38. The molecule has 6 heteroatoms. The number of ether oxygens (including phenoxy) is 1. The first-order valence-corrected chi connectivity index (χ1v) is 6.73. The van der Waals surface area contributed by atoms with E-state index in [0.29, 0.717) is 22.3 Å². The van der Waals surface area contributed by atoms with Crippen molar-refractivity contribution in [2.24, 2.45) is 0 Å². The Labute approximate surface area is 114 Å². The second-order valence-electron chi connectivity index (χ2n) is 3.18. The maximum atomic E-state index is 5.91. The minimum atomic E-state index is 0.490. The third kappa shape index (κ3) is 3.56. The van der Waals surface area contributed by atoms with Crippen LogP contribution in [0.1, 0.15) is 0 Å². The summed E-state index contributed by atoms with van der Waals surface area (Å²) in [5.41, 5.74) is 7.93. The monoisotopic (exact) mass is 283 g/mol. The molecular weight excluding hydrogens is 269 g/mol. The number of methoxy groups -OCH3 is 1. The average Bonchev–Trinajstić information content (AvgIpc) is 2.44. The zero-order chi connectivity index (χ0) is 13.5. The van der Waals surface area contributed by atoms with Crippen LogP contribution in [-0.4, -0.2) is 23.7 Å². The van der Waals surface area contributed by atoms with Gasteiger partial charge in [0.2, 0.25) is 5.88 Å². The molecule has 0 aliphatic heterocycles. The first-order valence-electron chi connectivity index (χ1n) is 5.20. The quantitative estimate of drug-likeness (QED) is 0.680. The summed E-state index contributed by atoms with van der Waals surface area (Å²) in [6.45, 7) is 1.92. The van der Waals surface area contributed by atoms with E-state index < -0.39 is 0 Å². The predicted octanol–water partition coefficient (Wildman–Crippen LogP) is 2.88. The Kier molecular flexibility index (Phi) is 5.83. The van der Waals surface area contributed by atoms with E-state index in [1.54, 1.807) is 31.4 Å². The van der Waals surface area contributed by atoms with Gasteiger partial charge in [0, 0.05) is 22.3 Å². The van der Waals surface area contributed by atoms with Crippen molar-refractivity contribution < 1.29 is 4.74 Å². The van der Waals surface area contributed by atoms with Gasteiger partial charge in [-0.3, -0.25) is 0 Å². The van der Waals surface area contributed by atoms with Crippen molar-refractivity contribution in [3.63, 3.8) is 0 Å². The van der Waals surface area contributed by atoms with Crippen LogP contribution in [0.25, 0.3) is 11.3 Å². The lowest BCUT2D eigenvalue weighted by Gasteiger charge is -2.06. The molecule has 2 N–H and O–H groups in total. The predicted molar refractivity (Wildman–Crippen MR) is 79.1 cm³/mol. The summed E-state index contributed by atoms with van der Waals surface area (Å²) in [6, 6.07) is 6.95. The van der Waals surface area contributed by atoms with E-state index in [9.17, 15) is 0 Å². The van der Waals surface area contributed by atoms with Crippen LogP contribution in [-0.2, 0) is 0 Å². The average molecular weight is 284 g/mol. The molecule has 0 aliphatic carbocycles. The van der Waals surface area contributed by atoms with Gasteiger partial charge in [-0.15, -0.1) is 9.24 Å². The molecule has 2 rings (SSSR count). The summed E-state index contributed by atoms with van der Waals surface area (Å²) in [6.07, 6.45) is 1.43. The number of nitrogens with two attached hydrogens (primary N) is 1. The Morgan fingerprint density at radius 2 is 1.94 bits per heavy atom. The van der Waals surface area contributed by atoms with E-state index in [4.69, 9.17) is 22.1 Å². The van der Waals surface area contributed by atoms with Gasteiger partial charge in [-0.25, -0.2) is 9.97 Å². The number of hydrogen-bond acceptors (Lipinski definition) is 4. The van der Waals surface area contributed by atoms with Crippen LogP contribution in [0.4, 0.5) is 5.69 Å². The molecule has 96 valence electrons. The largest absolute Gasteiger partial charge is 0.481 e. The molecule has 0 spiro atoms. The fourth-order valence-corrected chi connectivity index (χ4v) is 1.52. The minimum absolute atomic E-state index is 0.490. The Balaban J connectivity index is 0.000000771. The Hall–Kier alpha value is -1.38. The summed E-state index contributed by atoms with van der Waals surface area (Å²) < 4.78 is 5.02. The van der Waals surface area contributed by atoms with E-state index in [1.807, 2.05) is 6.66 Å². The second kappa shape index (κ2) is 7.14. The molecule has 4 nitrogen and oxygen atoms in total. The van der Waals surface area contributed by atoms with Gasteiger partial charge in [0.1, 0.15) is 6.33 Å². The molecule has 0 radical (unpaired) electrons. The minimum Gasteiger partial charge on any atom is -0.481 e. The highest BCUT2D eigenvalue weighted by Crippen LogP contribution is 2.28. The van der Waals surface area contributed by atoms with Crippen LogP contribution in [0, 0.1) is 0 Å². The Bertz CT molecular complexity index is 522. The van der Waals surface area contributed by atoms with Crippen molar-refractivity contribution in [3.05, 3.63) is 35.6 Å². The molecule has 0 bridgehead atoms. The van der Waals surface area contributed by atoms with Gasteiger partial charge in [0.05, 0.1) is 12.8 Å². The molecule has 0 amide bonds. The maximum absolute atomic E-state index is 5.91. The third-order valence-electron chi connectivity index (χ3n) is 2.14. The first kappa shape index (κ1) is 14.7. The molecule has 1 aromatic heterocycles. The molecule has 0 saturated carbocycles. The van der Waals surface area contributed by atoms with Crippen molar-refractivity contribution in [1.82, 2.24) is 9.97 Å². The molecule has 2 aromatic rings. The number of benzene rings is 1. The van der Waals surface area contributed by atoms with Gasteiger partial charge in [-0.2, -0.15) is 0 Å². The van der Waals surface area contributed by atoms with Crippen LogP contribution in [0.5, 0.6) is 5.88 Å². The van der Waals surface area contributed by atoms with Gasteiger partial charge >= 0.3 is 0 Å². The molecular formula is C12H15ClN3OP. The van der Waals surface area contributed by atoms with Crippen molar-refractivity contribution in [3.8, 4) is 17.1 Å². The lowest BCUT2D eigenvalue weighted by atomic mass is 10.1. The molecule has 0 aliphatic rings. The summed E-state index contributed by atoms with van der Waals surface area (Å²) >= 11 is 5.91. The standard InChI is InChI=1S/C11H10ClN3O.CH5P/c1-16-11-5-10(14-6-15-11)8-4-7(12)2-3-9(8)13;1-2/h2-6H,13H2,1H3;2H2,1H3. The second-order valence-corrected chi connectivity index (χ2v) is 3.61. The van der Waals surface area contributed by atoms with Gasteiger partial charge in [0.15, 0.2) is 0 Å². The summed E-state index contributed by atoms with van der Waals surface area (Å²) in [7, 11) is 3.97. The summed E-state index contributed by atoms with van der Waals surface area (Å²) in [4.78, 5) is 8.06. The number of rotatable bonds is 2. The van der Waals surface area contributed by atoms with Gasteiger partial charge in [-0.05, 0) is 18.2 Å². The zero-order valence-corrected chi connectivity index (χ0v) is 12.1. The molecule has 1 heterocycles. The van der Waals surface area contributed by atoms with Gasteiger partial charge in [-0.1, -0.05) is 18.3 Å². The van der Waals surface area contributed by atoms with Crippen molar-refractivity contribution in [2.45, 2.75) is 0 Å². The lowest BCUT2D eigenvalue weighted by molar-refractivity contribution is 0.397. The SMILES string of the molecule is COc1cc(-c2cc(Cl)ccc2N)ncn1.CP. The number of nitrogens with zero attached hydrogens (tertiary/aromatic N) is 2. The van der Waals surface area contributed by atoms with Gasteiger partial charge in [0.25, 0.3) is 0 Å². The first-order chi connectivity index (χ1) is 8.70. The van der Waals surface area contributed by atoms with Crippen molar-refractivity contribution >= 4 is 26.5 Å². The molecule has 1 aromatic carbocycles. The highest BCUT2D eigenvalue weighted by molar-refractivity contribution is 7.15. The van der Waals surface area contributed by atoms with Crippen molar-refractivity contribution in [1.29, 1.82) is 0 Å². The smallest absolute Gasteiger partial charge is 0.216 e. The molecule has 18 heavy (non-hydrogen) atoms. The van der Waals surface area contributed by atoms with E-state index >= 15 is 0 Å². The lowest BCUT2D eigenvalue weighted by Crippen LogP contribution is -1.94. The fourth-order valence-electron chi connectivity index (χ4n) is 1.35. The van der Waals surface area contributed by atoms with E-state index in [1.165, 1.54) is 6.33 Å². The summed E-state index contributed by atoms with van der Waals surface area (Å²) in [5.74, 6) is 0.490. The molecule has 1 unspecified atom stereocenters. The van der Waals surface area contributed by atoms with Crippen LogP contribution >= 0.6 is 20.8 Å². The number of halogens is 1. The van der Waals surface area contributed by atoms with Crippen molar-refractivity contribution in [2.75, 3.05) is 19.5 Å². The van der Waals surface area contributed by atoms with Crippen LogP contribution < -0.4 is 10.5 Å². The van der Waals surface area contributed by atoms with Crippen LogP contribution in [0.15, 0.2) is 30.6 Å². The normalized spacial score (nSPS) is 9.33. The highest BCUT2D eigenvalue weighted by Gasteiger charge is 2.06. The topological polar surface area (TPSA) is 61.0 Å². The number of nitrogen functional groups attached to an aromatic ring is 1. The number of hydrogen-bond donors (Lipinski definition) is 1. The molecule has 1 atom stereocenters. The molecule has 0 fully saturated rings. The van der Waals surface area contributed by atoms with Crippen LogP contribution in [0.2, 0.25) is 5.02 Å². The Morgan fingerprint density at radius 3 is 2.61 bits per heavy atom. The van der Waals surface area contributed by atoms with E-state index in [-0.39, 0.29) is 0 Å². The van der Waals surface area contributed by atoms with Crippen LogP contribution in [0.3, 0.4) is 0 Å². The van der Waals surface area contributed by atoms with Gasteiger partial charge < -0.3 is 10.5 Å². The Morgan fingerprint density at radius 1 is 1.22 bits per heavy atom.